The molecule has 26 heavy (non-hydrogen) atoms. The Kier molecular flexibility index (Phi) is 6.36. The molecule has 0 radical (unpaired) electrons. The van der Waals surface area contributed by atoms with Crippen LogP contribution in [0.3, 0.4) is 0 Å². The average Bonchev–Trinajstić information content (AvgIpc) is 2.62. The fourth-order valence-corrected chi connectivity index (χ4v) is 3.38. The van der Waals surface area contributed by atoms with Crippen LogP contribution in [0, 0.1) is 0 Å². The van der Waals surface area contributed by atoms with Crippen LogP contribution >= 0.6 is 0 Å². The molecule has 0 fully saturated rings. The van der Waals surface area contributed by atoms with Gasteiger partial charge in [0.05, 0.1) is 7.11 Å². The van der Waals surface area contributed by atoms with Crippen molar-refractivity contribution in [1.29, 1.82) is 0 Å². The van der Waals surface area contributed by atoms with Crippen LogP contribution in [0.25, 0.3) is 0 Å². The molecule has 0 unspecified atom stereocenters. The Morgan fingerprint density at radius 1 is 1.15 bits per heavy atom. The van der Waals surface area contributed by atoms with Crippen molar-refractivity contribution in [2.24, 2.45) is 0 Å². The average molecular weight is 378 g/mol. The lowest BCUT2D eigenvalue weighted by Crippen LogP contribution is -2.23. The van der Waals surface area contributed by atoms with Gasteiger partial charge in [0, 0.05) is 32.0 Å². The van der Waals surface area contributed by atoms with Crippen LogP contribution in [0.15, 0.2) is 47.4 Å². The van der Waals surface area contributed by atoms with E-state index in [9.17, 15) is 13.2 Å². The number of benzene rings is 2. The Balaban J connectivity index is 2.29. The molecular weight excluding hydrogens is 356 g/mol. The molecule has 0 saturated heterocycles. The van der Waals surface area contributed by atoms with Gasteiger partial charge in [0.15, 0.2) is 0 Å². The standard InChI is InChI=1S/C18H22N2O5S/c1-20(2)26(23,24)17-12-14(6-9-16(17)25-3)18(22)19-15-7-4-13(5-8-15)10-11-21/h4-9,12,21H,10-11H2,1-3H3,(H,19,22). The summed E-state index contributed by atoms with van der Waals surface area (Å²) in [5, 5.41) is 11.6. The Bertz CT molecular complexity index is 877. The van der Waals surface area contributed by atoms with Gasteiger partial charge in [0.1, 0.15) is 10.6 Å². The number of carbonyl (C=O) groups is 1. The molecule has 140 valence electrons. The number of nitrogens with zero attached hydrogens (tertiary/aromatic N) is 1. The quantitative estimate of drug-likeness (QED) is 0.765. The predicted molar refractivity (Wildman–Crippen MR) is 99.1 cm³/mol. The first-order chi connectivity index (χ1) is 12.3. The summed E-state index contributed by atoms with van der Waals surface area (Å²) in [7, 11) is 0.441. The summed E-state index contributed by atoms with van der Waals surface area (Å²) in [4.78, 5) is 12.4. The third-order valence-electron chi connectivity index (χ3n) is 3.80. The molecule has 0 saturated carbocycles. The lowest BCUT2D eigenvalue weighted by atomic mass is 10.1. The zero-order chi connectivity index (χ0) is 19.3. The summed E-state index contributed by atoms with van der Waals surface area (Å²) in [6.45, 7) is 0.0562. The minimum Gasteiger partial charge on any atom is -0.495 e. The molecule has 2 aromatic carbocycles. The SMILES string of the molecule is COc1ccc(C(=O)Nc2ccc(CCO)cc2)cc1S(=O)(=O)N(C)C. The first kappa shape index (κ1) is 19.9. The maximum Gasteiger partial charge on any atom is 0.255 e. The van der Waals surface area contributed by atoms with E-state index >= 15 is 0 Å². The van der Waals surface area contributed by atoms with Gasteiger partial charge < -0.3 is 15.2 Å². The van der Waals surface area contributed by atoms with Crippen molar-refractivity contribution in [2.45, 2.75) is 11.3 Å². The van der Waals surface area contributed by atoms with E-state index in [0.717, 1.165) is 9.87 Å². The van der Waals surface area contributed by atoms with E-state index in [0.29, 0.717) is 12.1 Å². The fourth-order valence-electron chi connectivity index (χ4n) is 2.30. The molecule has 0 aromatic heterocycles. The number of nitrogens with one attached hydrogen (secondary N) is 1. The highest BCUT2D eigenvalue weighted by molar-refractivity contribution is 7.89. The molecular formula is C18H22N2O5S. The van der Waals surface area contributed by atoms with E-state index in [1.807, 2.05) is 12.1 Å². The van der Waals surface area contributed by atoms with E-state index < -0.39 is 15.9 Å². The lowest BCUT2D eigenvalue weighted by molar-refractivity contribution is 0.102. The maximum atomic E-state index is 12.5. The number of aliphatic hydroxyl groups is 1. The minimum absolute atomic E-state index is 0.0562. The number of anilines is 1. The number of ether oxygens (including phenoxy) is 1. The van der Waals surface area contributed by atoms with Gasteiger partial charge >= 0.3 is 0 Å². The lowest BCUT2D eigenvalue weighted by Gasteiger charge is -2.15. The molecule has 0 bridgehead atoms. The number of sulfonamides is 1. The summed E-state index contributed by atoms with van der Waals surface area (Å²) in [6, 6.07) is 11.3. The van der Waals surface area contributed by atoms with Crippen LogP contribution in [-0.2, 0) is 16.4 Å². The number of carbonyl (C=O) groups excluding carboxylic acids is 1. The largest absolute Gasteiger partial charge is 0.495 e. The Labute approximate surface area is 153 Å². The van der Waals surface area contributed by atoms with E-state index in [1.54, 1.807) is 12.1 Å². The fraction of sp³-hybridized carbons (Fsp3) is 0.278. The van der Waals surface area contributed by atoms with Crippen molar-refractivity contribution in [3.05, 3.63) is 53.6 Å². The number of hydrogen-bond acceptors (Lipinski definition) is 5. The molecule has 2 rings (SSSR count). The third-order valence-corrected chi connectivity index (χ3v) is 5.63. The molecule has 0 atom stereocenters. The van der Waals surface area contributed by atoms with E-state index in [1.165, 1.54) is 39.4 Å². The van der Waals surface area contributed by atoms with E-state index in [2.05, 4.69) is 5.32 Å². The predicted octanol–water partition coefficient (Wildman–Crippen LogP) is 1.73. The second-order valence-corrected chi connectivity index (χ2v) is 7.90. The van der Waals surface area contributed by atoms with Crippen LogP contribution in [0.1, 0.15) is 15.9 Å². The number of methoxy groups -OCH3 is 1. The highest BCUT2D eigenvalue weighted by Gasteiger charge is 2.23. The van der Waals surface area contributed by atoms with Gasteiger partial charge in [0.2, 0.25) is 10.0 Å². The number of amides is 1. The zero-order valence-corrected chi connectivity index (χ0v) is 15.7. The van der Waals surface area contributed by atoms with E-state index in [-0.39, 0.29) is 22.8 Å². The number of hydrogen-bond donors (Lipinski definition) is 2. The third kappa shape index (κ3) is 4.40. The Hall–Kier alpha value is -2.42. The molecule has 2 aromatic rings. The van der Waals surface area contributed by atoms with Gasteiger partial charge in [-0.25, -0.2) is 12.7 Å². The van der Waals surface area contributed by atoms with Gasteiger partial charge in [-0.2, -0.15) is 0 Å². The van der Waals surface area contributed by atoms with Crippen molar-refractivity contribution in [2.75, 3.05) is 33.1 Å². The van der Waals surface area contributed by atoms with Crippen molar-refractivity contribution in [3.8, 4) is 5.75 Å². The normalized spacial score (nSPS) is 11.4. The summed E-state index contributed by atoms with van der Waals surface area (Å²) in [6.07, 6.45) is 0.540. The van der Waals surface area contributed by atoms with Crippen LogP contribution in [0.4, 0.5) is 5.69 Å². The summed E-state index contributed by atoms with van der Waals surface area (Å²) in [5.74, 6) is -0.263. The zero-order valence-electron chi connectivity index (χ0n) is 14.9. The van der Waals surface area contributed by atoms with Gasteiger partial charge in [-0.15, -0.1) is 0 Å². The molecule has 0 aliphatic carbocycles. The first-order valence-corrected chi connectivity index (χ1v) is 9.35. The van der Waals surface area contributed by atoms with Gasteiger partial charge in [-0.05, 0) is 42.3 Å². The van der Waals surface area contributed by atoms with Gasteiger partial charge in [-0.3, -0.25) is 4.79 Å². The maximum absolute atomic E-state index is 12.5. The summed E-state index contributed by atoms with van der Waals surface area (Å²) in [5.41, 5.74) is 1.73. The molecule has 1 amide bonds. The van der Waals surface area contributed by atoms with Gasteiger partial charge in [-0.1, -0.05) is 12.1 Å². The van der Waals surface area contributed by atoms with Gasteiger partial charge in [0.25, 0.3) is 5.91 Å². The van der Waals surface area contributed by atoms with E-state index in [4.69, 9.17) is 9.84 Å². The van der Waals surface area contributed by atoms with Crippen molar-refractivity contribution < 1.29 is 23.1 Å². The molecule has 0 heterocycles. The van der Waals surface area contributed by atoms with Crippen molar-refractivity contribution in [3.63, 3.8) is 0 Å². The topological polar surface area (TPSA) is 95.9 Å². The highest BCUT2D eigenvalue weighted by atomic mass is 32.2. The van der Waals surface area contributed by atoms with Crippen LogP contribution in [0.5, 0.6) is 5.75 Å². The first-order valence-electron chi connectivity index (χ1n) is 7.91. The second-order valence-electron chi connectivity index (χ2n) is 5.78. The molecule has 8 heteroatoms. The second kappa shape index (κ2) is 8.31. The minimum atomic E-state index is -3.76. The number of aliphatic hydroxyl groups excluding tert-OH is 1. The molecule has 0 aliphatic heterocycles. The molecule has 7 nitrogen and oxygen atoms in total. The monoisotopic (exact) mass is 378 g/mol. The summed E-state index contributed by atoms with van der Waals surface area (Å²) < 4.78 is 31.1. The highest BCUT2D eigenvalue weighted by Crippen LogP contribution is 2.27. The molecule has 0 spiro atoms. The van der Waals surface area contributed by atoms with Crippen LogP contribution in [-0.4, -0.2) is 51.5 Å². The Morgan fingerprint density at radius 3 is 2.35 bits per heavy atom. The van der Waals surface area contributed by atoms with Crippen LogP contribution < -0.4 is 10.1 Å². The van der Waals surface area contributed by atoms with Crippen molar-refractivity contribution in [1.82, 2.24) is 4.31 Å². The molecule has 2 N–H and O–H groups in total. The van der Waals surface area contributed by atoms with Crippen molar-refractivity contribution >= 4 is 21.6 Å². The van der Waals surface area contributed by atoms with Crippen LogP contribution in [0.2, 0.25) is 0 Å². The smallest absolute Gasteiger partial charge is 0.255 e. The summed E-state index contributed by atoms with van der Waals surface area (Å²) >= 11 is 0. The Morgan fingerprint density at radius 2 is 1.81 bits per heavy atom. The number of rotatable bonds is 7. The molecule has 0 aliphatic rings.